The molecule has 1 fully saturated rings. The molecule has 0 aliphatic carbocycles. The summed E-state index contributed by atoms with van der Waals surface area (Å²) < 4.78 is 46.4. The number of carbonyl (C=O) groups excluding carboxylic acids is 1. The highest BCUT2D eigenvalue weighted by Crippen LogP contribution is 2.32. The number of alkyl halides is 3. The van der Waals surface area contributed by atoms with Crippen LogP contribution in [0.5, 0.6) is 0 Å². The molecule has 1 aliphatic rings. The quantitative estimate of drug-likeness (QED) is 0.455. The largest absolute Gasteiger partial charge is 0.416 e. The molecule has 0 saturated carbocycles. The van der Waals surface area contributed by atoms with Gasteiger partial charge < -0.3 is 14.5 Å². The molecule has 1 aromatic carbocycles. The summed E-state index contributed by atoms with van der Waals surface area (Å²) in [7, 11) is 0. The lowest BCUT2D eigenvalue weighted by molar-refractivity contribution is -0.137. The number of nitrogens with one attached hydrogen (secondary N) is 1. The number of benzene rings is 1. The zero-order valence-corrected chi connectivity index (χ0v) is 18.6. The third-order valence-electron chi connectivity index (χ3n) is 5.75. The summed E-state index contributed by atoms with van der Waals surface area (Å²) in [6.45, 7) is 3.69. The van der Waals surface area contributed by atoms with Crippen molar-refractivity contribution in [2.75, 3.05) is 31.6 Å². The molecule has 0 spiro atoms. The van der Waals surface area contributed by atoms with Crippen molar-refractivity contribution < 1.29 is 22.7 Å². The molecule has 4 heterocycles. The number of nitrogens with zero attached hydrogens (tertiary/aromatic N) is 4. The van der Waals surface area contributed by atoms with Crippen LogP contribution in [0.2, 0.25) is 0 Å². The van der Waals surface area contributed by atoms with Gasteiger partial charge in [-0.25, -0.2) is 9.97 Å². The van der Waals surface area contributed by atoms with Crippen LogP contribution in [0.3, 0.4) is 0 Å². The molecule has 7 nitrogen and oxygen atoms in total. The van der Waals surface area contributed by atoms with E-state index in [0.29, 0.717) is 42.5 Å². The second kappa shape index (κ2) is 9.47. The van der Waals surface area contributed by atoms with Crippen LogP contribution in [0.4, 0.5) is 19.0 Å². The maximum atomic E-state index is 13.1. The molecule has 1 N–H and O–H groups in total. The zero-order valence-electron chi connectivity index (χ0n) is 18.6. The Kier molecular flexibility index (Phi) is 6.23. The van der Waals surface area contributed by atoms with Gasteiger partial charge in [0.1, 0.15) is 11.5 Å². The molecule has 10 heteroatoms. The van der Waals surface area contributed by atoms with Crippen molar-refractivity contribution in [3.05, 3.63) is 83.8 Å². The topological polar surface area (TPSA) is 71.8 Å². The van der Waals surface area contributed by atoms with Crippen LogP contribution in [0.25, 0.3) is 16.9 Å². The van der Waals surface area contributed by atoms with Gasteiger partial charge in [-0.2, -0.15) is 13.2 Å². The molecule has 1 amide bonds. The number of anilines is 1. The normalized spacial score (nSPS) is 14.8. The minimum Gasteiger partial charge on any atom is -0.379 e. The summed E-state index contributed by atoms with van der Waals surface area (Å²) in [6.07, 6.45) is -1.16. The number of rotatable bonds is 5. The highest BCUT2D eigenvalue weighted by Gasteiger charge is 2.30. The van der Waals surface area contributed by atoms with Crippen molar-refractivity contribution in [3.63, 3.8) is 0 Å². The number of hydrogen-bond donors (Lipinski definition) is 1. The third-order valence-corrected chi connectivity index (χ3v) is 5.75. The van der Waals surface area contributed by atoms with Crippen LogP contribution in [0.15, 0.2) is 67.0 Å². The molecule has 0 atom stereocenters. The van der Waals surface area contributed by atoms with E-state index in [9.17, 15) is 18.0 Å². The Labute approximate surface area is 199 Å². The number of fused-ring (bicyclic) bond motifs is 1. The number of amides is 1. The summed E-state index contributed by atoms with van der Waals surface area (Å²) in [6, 6.07) is 13.7. The number of carbonyl (C=O) groups is 1. The van der Waals surface area contributed by atoms with Gasteiger partial charge in [0.2, 0.25) is 0 Å². The van der Waals surface area contributed by atoms with Gasteiger partial charge in [-0.15, -0.1) is 0 Å². The van der Waals surface area contributed by atoms with Gasteiger partial charge in [-0.05, 0) is 36.4 Å². The third kappa shape index (κ3) is 5.18. The molecule has 0 unspecified atom stereocenters. The van der Waals surface area contributed by atoms with Crippen LogP contribution in [-0.2, 0) is 17.5 Å². The molecule has 4 aromatic rings. The minimum absolute atomic E-state index is 0.283. The van der Waals surface area contributed by atoms with E-state index in [0.717, 1.165) is 30.9 Å². The molecule has 1 saturated heterocycles. The molecule has 1 aliphatic heterocycles. The first-order chi connectivity index (χ1) is 16.9. The molecule has 5 rings (SSSR count). The van der Waals surface area contributed by atoms with Crippen LogP contribution in [0.1, 0.15) is 21.6 Å². The predicted octanol–water partition coefficient (Wildman–Crippen LogP) is 4.50. The van der Waals surface area contributed by atoms with E-state index in [1.165, 1.54) is 6.07 Å². The molecular formula is C25H22F3N5O2. The average molecular weight is 481 g/mol. The Hall–Kier alpha value is -3.76. The second-order valence-corrected chi connectivity index (χ2v) is 8.21. The SMILES string of the molecule is O=C(Nc1cccc(CN2CCOCC2)n1)c1cccn2cc(-c3cccc(C(F)(F)F)c3)nc12. The van der Waals surface area contributed by atoms with Gasteiger partial charge in [-0.1, -0.05) is 18.2 Å². The van der Waals surface area contributed by atoms with Crippen molar-refractivity contribution in [3.8, 4) is 11.3 Å². The van der Waals surface area contributed by atoms with Gasteiger partial charge in [0.05, 0.1) is 35.7 Å². The van der Waals surface area contributed by atoms with E-state index in [4.69, 9.17) is 4.74 Å². The molecule has 3 aromatic heterocycles. The summed E-state index contributed by atoms with van der Waals surface area (Å²) in [5.41, 5.74) is 1.34. The summed E-state index contributed by atoms with van der Waals surface area (Å²) in [5, 5.41) is 2.81. The average Bonchev–Trinajstić information content (AvgIpc) is 3.29. The highest BCUT2D eigenvalue weighted by molar-refractivity contribution is 6.08. The number of ether oxygens (including phenoxy) is 1. The molecule has 0 radical (unpaired) electrons. The Morgan fingerprint density at radius 1 is 1.03 bits per heavy atom. The van der Waals surface area contributed by atoms with Crippen LogP contribution < -0.4 is 5.32 Å². The monoisotopic (exact) mass is 481 g/mol. The number of aromatic nitrogens is 3. The maximum absolute atomic E-state index is 13.1. The fraction of sp³-hybridized carbons (Fsp3) is 0.240. The highest BCUT2D eigenvalue weighted by atomic mass is 19.4. The van der Waals surface area contributed by atoms with E-state index in [2.05, 4.69) is 20.2 Å². The summed E-state index contributed by atoms with van der Waals surface area (Å²) in [5.74, 6) is 0.000218. The van der Waals surface area contributed by atoms with Gasteiger partial charge in [0, 0.05) is 37.6 Å². The Balaban J connectivity index is 1.38. The van der Waals surface area contributed by atoms with E-state index in [-0.39, 0.29) is 5.56 Å². The standard InChI is InChI=1S/C25H22F3N5O2/c26-25(27,28)18-5-1-4-17(14-18)21-16-33-9-3-7-20(23(33)30-21)24(34)31-22-8-2-6-19(29-22)15-32-10-12-35-13-11-32/h1-9,14,16H,10-13,15H2,(H,29,31,34). The van der Waals surface area contributed by atoms with Gasteiger partial charge in [0.15, 0.2) is 0 Å². The number of hydrogen-bond acceptors (Lipinski definition) is 5. The smallest absolute Gasteiger partial charge is 0.379 e. The lowest BCUT2D eigenvalue weighted by Gasteiger charge is -2.26. The van der Waals surface area contributed by atoms with Crippen LogP contribution in [-0.4, -0.2) is 51.5 Å². The van der Waals surface area contributed by atoms with Crippen molar-refractivity contribution in [1.29, 1.82) is 0 Å². The lowest BCUT2D eigenvalue weighted by Crippen LogP contribution is -2.35. The molecule has 35 heavy (non-hydrogen) atoms. The second-order valence-electron chi connectivity index (χ2n) is 8.21. The van der Waals surface area contributed by atoms with Crippen molar-refractivity contribution >= 4 is 17.4 Å². The van der Waals surface area contributed by atoms with Gasteiger partial charge in [0.25, 0.3) is 5.91 Å². The number of halogens is 3. The van der Waals surface area contributed by atoms with E-state index in [1.54, 1.807) is 41.1 Å². The van der Waals surface area contributed by atoms with Gasteiger partial charge in [-0.3, -0.25) is 9.69 Å². The van der Waals surface area contributed by atoms with Crippen molar-refractivity contribution in [1.82, 2.24) is 19.3 Å². The van der Waals surface area contributed by atoms with Gasteiger partial charge >= 0.3 is 6.18 Å². The summed E-state index contributed by atoms with van der Waals surface area (Å²) in [4.78, 5) is 24.3. The Bertz CT molecular complexity index is 1360. The van der Waals surface area contributed by atoms with Crippen LogP contribution >= 0.6 is 0 Å². The maximum Gasteiger partial charge on any atom is 0.416 e. The number of morpholine rings is 1. The zero-order chi connectivity index (χ0) is 24.4. The first-order valence-corrected chi connectivity index (χ1v) is 11.1. The van der Waals surface area contributed by atoms with E-state index < -0.39 is 17.6 Å². The fourth-order valence-electron chi connectivity index (χ4n) is 3.99. The predicted molar refractivity (Wildman–Crippen MR) is 124 cm³/mol. The number of pyridine rings is 2. The van der Waals surface area contributed by atoms with E-state index >= 15 is 0 Å². The molecular weight excluding hydrogens is 459 g/mol. The number of imidazole rings is 1. The first-order valence-electron chi connectivity index (χ1n) is 11.1. The molecule has 0 bridgehead atoms. The van der Waals surface area contributed by atoms with Crippen molar-refractivity contribution in [2.45, 2.75) is 12.7 Å². The first kappa shape index (κ1) is 23.0. The van der Waals surface area contributed by atoms with Crippen LogP contribution in [0, 0.1) is 0 Å². The lowest BCUT2D eigenvalue weighted by atomic mass is 10.1. The fourth-order valence-corrected chi connectivity index (χ4v) is 3.99. The summed E-state index contributed by atoms with van der Waals surface area (Å²) >= 11 is 0. The van der Waals surface area contributed by atoms with Crippen molar-refractivity contribution in [2.24, 2.45) is 0 Å². The molecule has 180 valence electrons. The minimum atomic E-state index is -4.45. The Morgan fingerprint density at radius 3 is 2.63 bits per heavy atom. The van der Waals surface area contributed by atoms with E-state index in [1.807, 2.05) is 12.1 Å². The Morgan fingerprint density at radius 2 is 1.83 bits per heavy atom.